The molecule has 1 atom stereocenters. The fourth-order valence-corrected chi connectivity index (χ4v) is 3.54. The normalized spacial score (nSPS) is 21.2. The van der Waals surface area contributed by atoms with Crippen molar-refractivity contribution in [3.63, 3.8) is 0 Å². The van der Waals surface area contributed by atoms with E-state index < -0.39 is 5.72 Å². The van der Waals surface area contributed by atoms with Crippen LogP contribution >= 0.6 is 15.9 Å². The Balaban J connectivity index is 2.06. The monoisotopic (exact) mass is 365 g/mol. The van der Waals surface area contributed by atoms with Gasteiger partial charge in [0.25, 0.3) is 5.91 Å². The number of ether oxygens (including phenoxy) is 1. The molecule has 1 heterocycles. The number of alkyl halides is 1. The van der Waals surface area contributed by atoms with Gasteiger partial charge in [0, 0.05) is 12.8 Å². The second-order valence-electron chi connectivity index (χ2n) is 5.96. The van der Waals surface area contributed by atoms with Crippen LogP contribution in [0.5, 0.6) is 5.75 Å². The largest absolute Gasteiger partial charge is 0.467 e. The molecule has 4 nitrogen and oxygen atoms in total. The lowest BCUT2D eigenvalue weighted by atomic mass is 9.87. The third kappa shape index (κ3) is 2.45. The number of nitrogens with zero attached hydrogens (tertiary/aromatic N) is 1. The van der Waals surface area contributed by atoms with E-state index in [2.05, 4.69) is 15.9 Å². The number of amides is 2. The molecule has 2 aliphatic rings. The van der Waals surface area contributed by atoms with Crippen LogP contribution in [0.3, 0.4) is 0 Å². The van der Waals surface area contributed by atoms with Crippen molar-refractivity contribution < 1.29 is 14.3 Å². The third-order valence-corrected chi connectivity index (χ3v) is 5.55. The average Bonchev–Trinajstić information content (AvgIpc) is 2.54. The second kappa shape index (κ2) is 6.03. The Hall–Kier alpha value is -1.36. The quantitative estimate of drug-likeness (QED) is 0.747. The Kier molecular flexibility index (Phi) is 4.26. The van der Waals surface area contributed by atoms with Gasteiger partial charge in [-0.15, -0.1) is 0 Å². The smallest absolute Gasteiger partial charge is 0.267 e. The van der Waals surface area contributed by atoms with Crippen molar-refractivity contribution >= 4 is 27.7 Å². The molecule has 1 spiro atoms. The molecular formula is C17H20BrNO3. The minimum atomic E-state index is -0.804. The fraction of sp³-hybridized carbons (Fsp3) is 0.529. The highest BCUT2D eigenvalue weighted by Crippen LogP contribution is 2.42. The highest BCUT2D eigenvalue weighted by Gasteiger charge is 2.51. The summed E-state index contributed by atoms with van der Waals surface area (Å²) >= 11 is 3.40. The molecule has 1 saturated carbocycles. The average molecular weight is 366 g/mol. The van der Waals surface area contributed by atoms with E-state index in [4.69, 9.17) is 4.74 Å². The van der Waals surface area contributed by atoms with Crippen LogP contribution in [-0.2, 0) is 4.79 Å². The van der Waals surface area contributed by atoms with E-state index in [-0.39, 0.29) is 16.6 Å². The van der Waals surface area contributed by atoms with E-state index >= 15 is 0 Å². The van der Waals surface area contributed by atoms with Gasteiger partial charge >= 0.3 is 0 Å². The van der Waals surface area contributed by atoms with Crippen molar-refractivity contribution in [1.82, 2.24) is 4.90 Å². The molecule has 0 aromatic heterocycles. The van der Waals surface area contributed by atoms with Crippen molar-refractivity contribution in [3.8, 4) is 5.75 Å². The molecule has 5 heteroatoms. The van der Waals surface area contributed by atoms with Crippen LogP contribution in [0.15, 0.2) is 24.3 Å². The Morgan fingerprint density at radius 3 is 2.68 bits per heavy atom. The van der Waals surface area contributed by atoms with Crippen LogP contribution in [0.1, 0.15) is 55.8 Å². The Morgan fingerprint density at radius 1 is 1.32 bits per heavy atom. The van der Waals surface area contributed by atoms with Crippen molar-refractivity contribution in [2.24, 2.45) is 0 Å². The molecule has 1 aliphatic carbocycles. The SMILES string of the molecule is CC[C@H](Br)C(=O)N1C(=O)c2ccccc2OC12CCCCC2. The zero-order chi connectivity index (χ0) is 15.7. The maximum atomic E-state index is 13.0. The van der Waals surface area contributed by atoms with E-state index in [1.54, 1.807) is 12.1 Å². The maximum Gasteiger partial charge on any atom is 0.267 e. The first-order chi connectivity index (χ1) is 10.6. The van der Waals surface area contributed by atoms with Crippen molar-refractivity contribution in [2.75, 3.05) is 0 Å². The zero-order valence-corrected chi connectivity index (χ0v) is 14.3. The molecule has 1 aromatic rings. The standard InChI is InChI=1S/C17H20BrNO3/c1-2-13(18)16(21)19-15(20)12-8-4-5-9-14(12)22-17(19)10-6-3-7-11-17/h4-5,8-9,13H,2-3,6-7,10-11H2,1H3/t13-/m0/s1. The Morgan fingerprint density at radius 2 is 2.00 bits per heavy atom. The highest BCUT2D eigenvalue weighted by molar-refractivity contribution is 9.10. The lowest BCUT2D eigenvalue weighted by Gasteiger charge is -2.48. The number of imide groups is 1. The number of hydrogen-bond donors (Lipinski definition) is 0. The van der Waals surface area contributed by atoms with Crippen LogP contribution in [-0.4, -0.2) is 27.3 Å². The molecule has 1 aromatic carbocycles. The first-order valence-corrected chi connectivity index (χ1v) is 8.81. The number of hydrogen-bond acceptors (Lipinski definition) is 3. The van der Waals surface area contributed by atoms with Gasteiger partial charge in [0.2, 0.25) is 5.91 Å². The molecule has 3 rings (SSSR count). The predicted octanol–water partition coefficient (Wildman–Crippen LogP) is 3.88. The summed E-state index contributed by atoms with van der Waals surface area (Å²) in [6, 6.07) is 7.20. The summed E-state index contributed by atoms with van der Waals surface area (Å²) < 4.78 is 6.22. The minimum absolute atomic E-state index is 0.191. The molecule has 0 N–H and O–H groups in total. The van der Waals surface area contributed by atoms with Crippen molar-refractivity contribution in [2.45, 2.75) is 56.0 Å². The summed E-state index contributed by atoms with van der Waals surface area (Å²) in [7, 11) is 0. The van der Waals surface area contributed by atoms with E-state index in [1.807, 2.05) is 19.1 Å². The molecule has 118 valence electrons. The molecule has 1 fully saturated rings. The Labute approximate surface area is 138 Å². The summed E-state index contributed by atoms with van der Waals surface area (Å²) in [5, 5.41) is 0. The number of para-hydroxylation sites is 1. The summed E-state index contributed by atoms with van der Waals surface area (Å²) in [4.78, 5) is 26.8. The van der Waals surface area contributed by atoms with Gasteiger partial charge in [-0.2, -0.15) is 0 Å². The van der Waals surface area contributed by atoms with Crippen LogP contribution in [0, 0.1) is 0 Å². The summed E-state index contributed by atoms with van der Waals surface area (Å²) in [6.07, 6.45) is 5.12. The van der Waals surface area contributed by atoms with E-state index in [0.29, 0.717) is 30.6 Å². The van der Waals surface area contributed by atoms with Gasteiger partial charge in [0.15, 0.2) is 5.72 Å². The lowest BCUT2D eigenvalue weighted by molar-refractivity contribution is -0.153. The lowest BCUT2D eigenvalue weighted by Crippen LogP contribution is -2.63. The molecule has 0 radical (unpaired) electrons. The molecule has 0 bridgehead atoms. The summed E-state index contributed by atoms with van der Waals surface area (Å²) in [5.74, 6) is 0.177. The minimum Gasteiger partial charge on any atom is -0.467 e. The first kappa shape index (κ1) is 15.5. The number of rotatable bonds is 2. The second-order valence-corrected chi connectivity index (χ2v) is 7.06. The van der Waals surface area contributed by atoms with Gasteiger partial charge in [-0.1, -0.05) is 41.4 Å². The van der Waals surface area contributed by atoms with Gasteiger partial charge < -0.3 is 4.74 Å². The van der Waals surface area contributed by atoms with E-state index in [9.17, 15) is 9.59 Å². The third-order valence-electron chi connectivity index (χ3n) is 4.51. The van der Waals surface area contributed by atoms with Gasteiger partial charge in [0.1, 0.15) is 5.75 Å². The molecular weight excluding hydrogens is 346 g/mol. The van der Waals surface area contributed by atoms with Crippen molar-refractivity contribution in [1.29, 1.82) is 0 Å². The highest BCUT2D eigenvalue weighted by atomic mass is 79.9. The molecule has 22 heavy (non-hydrogen) atoms. The topological polar surface area (TPSA) is 46.6 Å². The molecule has 1 aliphatic heterocycles. The molecule has 2 amide bonds. The summed E-state index contributed by atoms with van der Waals surface area (Å²) in [6.45, 7) is 1.92. The zero-order valence-electron chi connectivity index (χ0n) is 12.7. The van der Waals surface area contributed by atoms with E-state index in [1.165, 1.54) is 4.90 Å². The molecule has 0 unspecified atom stereocenters. The van der Waals surface area contributed by atoms with Gasteiger partial charge in [-0.3, -0.25) is 9.59 Å². The summed E-state index contributed by atoms with van der Waals surface area (Å²) in [5.41, 5.74) is -0.329. The number of carbonyl (C=O) groups excluding carboxylic acids is 2. The van der Waals surface area contributed by atoms with Gasteiger partial charge in [-0.05, 0) is 31.4 Å². The number of carbonyl (C=O) groups is 2. The number of benzene rings is 1. The first-order valence-electron chi connectivity index (χ1n) is 7.89. The predicted molar refractivity (Wildman–Crippen MR) is 87.1 cm³/mol. The van der Waals surface area contributed by atoms with Crippen LogP contribution < -0.4 is 4.74 Å². The van der Waals surface area contributed by atoms with Crippen LogP contribution in [0.4, 0.5) is 0 Å². The number of halogens is 1. The van der Waals surface area contributed by atoms with Crippen molar-refractivity contribution in [3.05, 3.63) is 29.8 Å². The van der Waals surface area contributed by atoms with Crippen LogP contribution in [0.2, 0.25) is 0 Å². The van der Waals surface area contributed by atoms with E-state index in [0.717, 1.165) is 19.3 Å². The molecule has 0 saturated heterocycles. The fourth-order valence-electron chi connectivity index (χ4n) is 3.33. The Bertz CT molecular complexity index is 595. The van der Waals surface area contributed by atoms with Gasteiger partial charge in [0.05, 0.1) is 10.4 Å². The maximum absolute atomic E-state index is 13.0. The number of fused-ring (bicyclic) bond motifs is 1. The van der Waals surface area contributed by atoms with Crippen LogP contribution in [0.25, 0.3) is 0 Å². The van der Waals surface area contributed by atoms with Gasteiger partial charge in [-0.25, -0.2) is 4.90 Å².